The summed E-state index contributed by atoms with van der Waals surface area (Å²) in [4.78, 5) is 4.69. The number of rotatable bonds is 2. The molecular formula is C13H15BrN4. The van der Waals surface area contributed by atoms with Crippen LogP contribution in [0.5, 0.6) is 0 Å². The van der Waals surface area contributed by atoms with Crippen LogP contribution in [0.2, 0.25) is 0 Å². The van der Waals surface area contributed by atoms with E-state index in [2.05, 4.69) is 31.9 Å². The van der Waals surface area contributed by atoms with Crippen LogP contribution in [-0.2, 0) is 13.1 Å². The van der Waals surface area contributed by atoms with Gasteiger partial charge in [0, 0.05) is 29.7 Å². The van der Waals surface area contributed by atoms with E-state index in [0.29, 0.717) is 6.54 Å². The van der Waals surface area contributed by atoms with Crippen molar-refractivity contribution in [3.8, 4) is 11.3 Å². The van der Waals surface area contributed by atoms with Crippen LogP contribution in [0.25, 0.3) is 11.3 Å². The van der Waals surface area contributed by atoms with Crippen molar-refractivity contribution in [2.75, 3.05) is 11.9 Å². The molecule has 0 atom stereocenters. The predicted molar refractivity (Wildman–Crippen MR) is 76.4 cm³/mol. The van der Waals surface area contributed by atoms with E-state index in [1.165, 1.54) is 0 Å². The van der Waals surface area contributed by atoms with Gasteiger partial charge in [0.2, 0.25) is 5.95 Å². The van der Waals surface area contributed by atoms with E-state index in [0.717, 1.165) is 46.9 Å². The maximum absolute atomic E-state index is 5.90. The topological polar surface area (TPSA) is 55.9 Å². The Labute approximate surface area is 114 Å². The molecule has 4 nitrogen and oxygen atoms in total. The van der Waals surface area contributed by atoms with E-state index >= 15 is 0 Å². The summed E-state index contributed by atoms with van der Waals surface area (Å²) in [5.41, 5.74) is 9.08. The Morgan fingerprint density at radius 2 is 2.22 bits per heavy atom. The molecule has 1 aliphatic rings. The normalized spacial score (nSPS) is 14.1. The van der Waals surface area contributed by atoms with Crippen LogP contribution < -0.4 is 11.1 Å². The molecule has 0 fully saturated rings. The average Bonchev–Trinajstić information content (AvgIpc) is 2.77. The monoisotopic (exact) mass is 306 g/mol. The Morgan fingerprint density at radius 1 is 1.39 bits per heavy atom. The number of anilines is 1. The van der Waals surface area contributed by atoms with Gasteiger partial charge in [-0.1, -0.05) is 34.1 Å². The van der Waals surface area contributed by atoms with Crippen molar-refractivity contribution in [3.05, 3.63) is 34.4 Å². The Kier molecular flexibility index (Phi) is 3.09. The number of nitrogens with zero attached hydrogens (tertiary/aromatic N) is 2. The number of nitrogens with two attached hydrogens (primary N) is 1. The molecule has 18 heavy (non-hydrogen) atoms. The second-order valence-corrected chi connectivity index (χ2v) is 5.20. The second kappa shape index (κ2) is 4.74. The first-order valence-corrected chi connectivity index (χ1v) is 6.89. The van der Waals surface area contributed by atoms with Crippen LogP contribution in [-0.4, -0.2) is 16.1 Å². The first kappa shape index (κ1) is 11.7. The number of fused-ring (bicyclic) bond motifs is 1. The first-order valence-electron chi connectivity index (χ1n) is 6.09. The van der Waals surface area contributed by atoms with Crippen molar-refractivity contribution in [3.63, 3.8) is 0 Å². The number of imidazole rings is 1. The number of halogens is 1. The van der Waals surface area contributed by atoms with Gasteiger partial charge in [0.15, 0.2) is 0 Å². The van der Waals surface area contributed by atoms with Crippen molar-refractivity contribution in [2.24, 2.45) is 5.73 Å². The molecule has 2 aromatic rings. The van der Waals surface area contributed by atoms with E-state index in [1.807, 2.05) is 18.2 Å². The summed E-state index contributed by atoms with van der Waals surface area (Å²) in [6.07, 6.45) is 1.12. The van der Waals surface area contributed by atoms with Gasteiger partial charge in [-0.25, -0.2) is 4.98 Å². The molecule has 0 amide bonds. The third-order valence-electron chi connectivity index (χ3n) is 3.24. The molecule has 0 aliphatic carbocycles. The first-order chi connectivity index (χ1) is 8.81. The zero-order valence-corrected chi connectivity index (χ0v) is 11.6. The molecule has 0 radical (unpaired) electrons. The third-order valence-corrected chi connectivity index (χ3v) is 3.93. The number of hydrogen-bond donors (Lipinski definition) is 2. The van der Waals surface area contributed by atoms with E-state index in [-0.39, 0.29) is 0 Å². The van der Waals surface area contributed by atoms with E-state index in [9.17, 15) is 0 Å². The summed E-state index contributed by atoms with van der Waals surface area (Å²) in [6.45, 7) is 2.48. The Hall–Kier alpha value is -1.33. The lowest BCUT2D eigenvalue weighted by Gasteiger charge is -2.17. The molecule has 1 aromatic carbocycles. The highest BCUT2D eigenvalue weighted by Gasteiger charge is 2.20. The maximum Gasteiger partial charge on any atom is 0.203 e. The molecule has 0 bridgehead atoms. The fourth-order valence-corrected chi connectivity index (χ4v) is 2.85. The molecule has 3 rings (SSSR count). The molecule has 3 N–H and O–H groups in total. The molecule has 0 saturated carbocycles. The highest BCUT2D eigenvalue weighted by atomic mass is 79.9. The maximum atomic E-state index is 5.90. The van der Waals surface area contributed by atoms with Crippen molar-refractivity contribution in [1.29, 1.82) is 0 Å². The smallest absolute Gasteiger partial charge is 0.203 e. The largest absolute Gasteiger partial charge is 0.356 e. The van der Waals surface area contributed by atoms with Gasteiger partial charge in [0.05, 0.1) is 11.4 Å². The summed E-state index contributed by atoms with van der Waals surface area (Å²) in [5.74, 6) is 0.937. The lowest BCUT2D eigenvalue weighted by Crippen LogP contribution is -2.19. The standard InChI is InChI=1S/C13H15BrN4/c14-10-5-2-1-4-9(10)12-11(8-15)18-7-3-6-16-13(18)17-12/h1-2,4-5H,3,6-8,15H2,(H,16,17). The molecule has 94 valence electrons. The Balaban J connectivity index is 2.18. The number of aromatic nitrogens is 2. The second-order valence-electron chi connectivity index (χ2n) is 4.35. The highest BCUT2D eigenvalue weighted by molar-refractivity contribution is 9.10. The quantitative estimate of drug-likeness (QED) is 0.896. The molecular weight excluding hydrogens is 292 g/mol. The molecule has 1 aromatic heterocycles. The van der Waals surface area contributed by atoms with E-state index < -0.39 is 0 Å². The van der Waals surface area contributed by atoms with Crippen molar-refractivity contribution in [1.82, 2.24) is 9.55 Å². The minimum Gasteiger partial charge on any atom is -0.356 e. The van der Waals surface area contributed by atoms with Crippen LogP contribution in [0, 0.1) is 0 Å². The zero-order valence-electron chi connectivity index (χ0n) is 9.99. The molecule has 0 saturated heterocycles. The van der Waals surface area contributed by atoms with Gasteiger partial charge in [-0.2, -0.15) is 0 Å². The minimum atomic E-state index is 0.505. The summed E-state index contributed by atoms with van der Waals surface area (Å²) in [6, 6.07) is 8.12. The predicted octanol–water partition coefficient (Wildman–Crippen LogP) is 2.59. The summed E-state index contributed by atoms with van der Waals surface area (Å²) in [5, 5.41) is 3.33. The molecule has 1 aliphatic heterocycles. The lowest BCUT2D eigenvalue weighted by molar-refractivity contribution is 0.604. The van der Waals surface area contributed by atoms with Crippen LogP contribution in [0.3, 0.4) is 0 Å². The van der Waals surface area contributed by atoms with Crippen molar-refractivity contribution in [2.45, 2.75) is 19.5 Å². The minimum absolute atomic E-state index is 0.505. The van der Waals surface area contributed by atoms with Crippen molar-refractivity contribution < 1.29 is 0 Å². The van der Waals surface area contributed by atoms with Crippen LogP contribution in [0.4, 0.5) is 5.95 Å². The molecule has 5 heteroatoms. The van der Waals surface area contributed by atoms with Gasteiger partial charge < -0.3 is 15.6 Å². The van der Waals surface area contributed by atoms with Crippen LogP contribution >= 0.6 is 15.9 Å². The molecule has 0 spiro atoms. The fourth-order valence-electron chi connectivity index (χ4n) is 2.38. The SMILES string of the molecule is NCc1c(-c2ccccc2Br)nc2n1CCCN2. The van der Waals surface area contributed by atoms with Gasteiger partial charge in [-0.15, -0.1) is 0 Å². The summed E-state index contributed by atoms with van der Waals surface area (Å²) >= 11 is 3.58. The van der Waals surface area contributed by atoms with Gasteiger partial charge >= 0.3 is 0 Å². The summed E-state index contributed by atoms with van der Waals surface area (Å²) in [7, 11) is 0. The summed E-state index contributed by atoms with van der Waals surface area (Å²) < 4.78 is 3.24. The fraction of sp³-hybridized carbons (Fsp3) is 0.308. The van der Waals surface area contributed by atoms with E-state index in [1.54, 1.807) is 0 Å². The van der Waals surface area contributed by atoms with E-state index in [4.69, 9.17) is 10.7 Å². The molecule has 2 heterocycles. The Bertz CT molecular complexity index is 576. The zero-order chi connectivity index (χ0) is 12.5. The van der Waals surface area contributed by atoms with Gasteiger partial charge in [-0.3, -0.25) is 0 Å². The van der Waals surface area contributed by atoms with Crippen LogP contribution in [0.1, 0.15) is 12.1 Å². The lowest BCUT2D eigenvalue weighted by atomic mass is 10.1. The molecule has 0 unspecified atom stereocenters. The highest BCUT2D eigenvalue weighted by Crippen LogP contribution is 2.32. The Morgan fingerprint density at radius 3 is 3.00 bits per heavy atom. The van der Waals surface area contributed by atoms with Crippen molar-refractivity contribution >= 4 is 21.9 Å². The number of nitrogens with one attached hydrogen (secondary N) is 1. The van der Waals surface area contributed by atoms with Gasteiger partial charge in [0.25, 0.3) is 0 Å². The average molecular weight is 307 g/mol. The third kappa shape index (κ3) is 1.83. The van der Waals surface area contributed by atoms with Crippen LogP contribution in [0.15, 0.2) is 28.7 Å². The number of hydrogen-bond acceptors (Lipinski definition) is 3. The van der Waals surface area contributed by atoms with Gasteiger partial charge in [0.1, 0.15) is 0 Å². The van der Waals surface area contributed by atoms with Gasteiger partial charge in [-0.05, 0) is 12.5 Å². The number of benzene rings is 1.